The molecule has 2 fully saturated rings. The minimum atomic E-state index is 0.184. The summed E-state index contributed by atoms with van der Waals surface area (Å²) in [7, 11) is 0. The Morgan fingerprint density at radius 2 is 1.83 bits per heavy atom. The van der Waals surface area contributed by atoms with Gasteiger partial charge in [0.2, 0.25) is 5.91 Å². The van der Waals surface area contributed by atoms with Crippen molar-refractivity contribution >= 4 is 16.8 Å². The number of fused-ring (bicyclic) bond motifs is 1. The quantitative estimate of drug-likeness (QED) is 0.605. The second-order valence-electron chi connectivity index (χ2n) is 8.37. The zero-order valence-electron chi connectivity index (χ0n) is 16.8. The SMILES string of the molecule is O=C1CCC(c2c[nH]c3ccc(OCc4ccccc4)cc23)N1C1CCCCC1. The van der Waals surface area contributed by atoms with E-state index in [1.165, 1.54) is 30.2 Å². The van der Waals surface area contributed by atoms with E-state index in [2.05, 4.69) is 40.3 Å². The van der Waals surface area contributed by atoms with Crippen molar-refractivity contribution in [3.63, 3.8) is 0 Å². The summed E-state index contributed by atoms with van der Waals surface area (Å²) in [5.74, 6) is 1.20. The van der Waals surface area contributed by atoms with Crippen LogP contribution in [-0.2, 0) is 11.4 Å². The Kier molecular flexibility index (Phi) is 5.01. The van der Waals surface area contributed by atoms with Gasteiger partial charge in [-0.05, 0) is 43.0 Å². The number of ether oxygens (including phenoxy) is 1. The number of H-pyrrole nitrogens is 1. The van der Waals surface area contributed by atoms with Crippen LogP contribution in [-0.4, -0.2) is 21.8 Å². The highest BCUT2D eigenvalue weighted by molar-refractivity contribution is 5.87. The van der Waals surface area contributed by atoms with E-state index in [-0.39, 0.29) is 6.04 Å². The number of nitrogens with one attached hydrogen (secondary N) is 1. The monoisotopic (exact) mass is 388 g/mol. The summed E-state index contributed by atoms with van der Waals surface area (Å²) in [5, 5.41) is 1.18. The number of likely N-dealkylation sites (tertiary alicyclic amines) is 1. The third-order valence-electron chi connectivity index (χ3n) is 6.52. The molecule has 0 bridgehead atoms. The van der Waals surface area contributed by atoms with E-state index in [1.807, 2.05) is 24.3 Å². The van der Waals surface area contributed by atoms with Crippen molar-refractivity contribution in [1.82, 2.24) is 9.88 Å². The summed E-state index contributed by atoms with van der Waals surface area (Å²) in [6, 6.07) is 17.1. The predicted octanol–water partition coefficient (Wildman–Crippen LogP) is 5.74. The van der Waals surface area contributed by atoms with E-state index < -0.39 is 0 Å². The van der Waals surface area contributed by atoms with Gasteiger partial charge in [-0.3, -0.25) is 4.79 Å². The van der Waals surface area contributed by atoms with Crippen LogP contribution in [0, 0.1) is 0 Å². The van der Waals surface area contributed by atoms with Crippen LogP contribution in [0.2, 0.25) is 0 Å². The van der Waals surface area contributed by atoms with Gasteiger partial charge >= 0.3 is 0 Å². The van der Waals surface area contributed by atoms with Gasteiger partial charge in [0.05, 0.1) is 6.04 Å². The average molecular weight is 389 g/mol. The van der Waals surface area contributed by atoms with Crippen LogP contribution in [0.5, 0.6) is 5.75 Å². The maximum absolute atomic E-state index is 12.7. The number of hydrogen-bond donors (Lipinski definition) is 1. The van der Waals surface area contributed by atoms with Crippen molar-refractivity contribution in [2.24, 2.45) is 0 Å². The molecule has 5 rings (SSSR count). The highest BCUT2D eigenvalue weighted by Gasteiger charge is 2.38. The lowest BCUT2D eigenvalue weighted by Crippen LogP contribution is -2.39. The Morgan fingerprint density at radius 3 is 2.66 bits per heavy atom. The molecule has 1 amide bonds. The Bertz CT molecular complexity index is 988. The van der Waals surface area contributed by atoms with Crippen LogP contribution < -0.4 is 4.74 Å². The lowest BCUT2D eigenvalue weighted by atomic mass is 9.92. The highest BCUT2D eigenvalue weighted by Crippen LogP contribution is 2.41. The van der Waals surface area contributed by atoms with Crippen molar-refractivity contribution in [3.05, 3.63) is 65.9 Å². The molecule has 2 heterocycles. The third kappa shape index (κ3) is 3.64. The molecule has 1 saturated carbocycles. The van der Waals surface area contributed by atoms with Crippen molar-refractivity contribution in [3.8, 4) is 5.75 Å². The van der Waals surface area contributed by atoms with Crippen molar-refractivity contribution in [2.45, 2.75) is 63.6 Å². The number of carbonyl (C=O) groups is 1. The second kappa shape index (κ2) is 7.94. The molecule has 4 heteroatoms. The molecule has 3 aromatic rings. The number of aromatic nitrogens is 1. The zero-order valence-corrected chi connectivity index (χ0v) is 16.8. The van der Waals surface area contributed by atoms with Gasteiger partial charge < -0.3 is 14.6 Å². The third-order valence-corrected chi connectivity index (χ3v) is 6.52. The molecule has 1 atom stereocenters. The summed E-state index contributed by atoms with van der Waals surface area (Å²) in [5.41, 5.74) is 3.50. The normalized spacial score (nSPS) is 20.5. The maximum atomic E-state index is 12.7. The summed E-state index contributed by atoms with van der Waals surface area (Å²) in [6.07, 6.45) is 9.77. The fourth-order valence-electron chi connectivity index (χ4n) is 5.05. The number of carbonyl (C=O) groups excluding carboxylic acids is 1. The Morgan fingerprint density at radius 1 is 1.00 bits per heavy atom. The van der Waals surface area contributed by atoms with E-state index in [1.54, 1.807) is 0 Å². The van der Waals surface area contributed by atoms with Gasteiger partial charge in [-0.1, -0.05) is 49.6 Å². The van der Waals surface area contributed by atoms with Crippen LogP contribution in [0.15, 0.2) is 54.7 Å². The zero-order chi connectivity index (χ0) is 19.6. The average Bonchev–Trinajstić information content (AvgIpc) is 3.36. The molecule has 2 aliphatic rings. The van der Waals surface area contributed by atoms with Crippen molar-refractivity contribution in [1.29, 1.82) is 0 Å². The number of aromatic amines is 1. The molecular formula is C25H28N2O2. The first-order valence-corrected chi connectivity index (χ1v) is 10.9. The molecule has 29 heavy (non-hydrogen) atoms. The van der Waals surface area contributed by atoms with E-state index >= 15 is 0 Å². The first-order valence-electron chi connectivity index (χ1n) is 10.9. The van der Waals surface area contributed by atoms with E-state index in [4.69, 9.17) is 4.74 Å². The maximum Gasteiger partial charge on any atom is 0.223 e. The Labute approximate surface area is 171 Å². The van der Waals surface area contributed by atoms with E-state index in [0.29, 0.717) is 25.0 Å². The fourth-order valence-corrected chi connectivity index (χ4v) is 5.05. The summed E-state index contributed by atoms with van der Waals surface area (Å²) >= 11 is 0. The second-order valence-corrected chi connectivity index (χ2v) is 8.37. The van der Waals surface area contributed by atoms with Crippen LogP contribution >= 0.6 is 0 Å². The lowest BCUT2D eigenvalue weighted by molar-refractivity contribution is -0.132. The number of benzene rings is 2. The number of amides is 1. The summed E-state index contributed by atoms with van der Waals surface area (Å²) in [6.45, 7) is 0.558. The van der Waals surface area contributed by atoms with Crippen LogP contribution in [0.25, 0.3) is 10.9 Å². The minimum absolute atomic E-state index is 0.184. The molecule has 1 aliphatic carbocycles. The van der Waals surface area contributed by atoms with E-state index in [9.17, 15) is 4.79 Å². The van der Waals surface area contributed by atoms with Crippen LogP contribution in [0.3, 0.4) is 0 Å². The molecule has 0 radical (unpaired) electrons. The van der Waals surface area contributed by atoms with Crippen molar-refractivity contribution in [2.75, 3.05) is 0 Å². The van der Waals surface area contributed by atoms with Gasteiger partial charge in [0.1, 0.15) is 12.4 Å². The van der Waals surface area contributed by atoms with Gasteiger partial charge in [-0.2, -0.15) is 0 Å². The van der Waals surface area contributed by atoms with Crippen molar-refractivity contribution < 1.29 is 9.53 Å². The van der Waals surface area contributed by atoms with Gasteiger partial charge in [0, 0.05) is 35.1 Å². The molecular weight excluding hydrogens is 360 g/mol. The fraction of sp³-hybridized carbons (Fsp3) is 0.400. The molecule has 2 aromatic carbocycles. The summed E-state index contributed by atoms with van der Waals surface area (Å²) in [4.78, 5) is 18.4. The molecule has 1 aromatic heterocycles. The predicted molar refractivity (Wildman–Crippen MR) is 115 cm³/mol. The molecule has 1 unspecified atom stereocenters. The van der Waals surface area contributed by atoms with Crippen LogP contribution in [0.1, 0.15) is 62.1 Å². The molecule has 1 saturated heterocycles. The standard InChI is InChI=1S/C25H28N2O2/c28-25-14-13-24(27(25)19-9-5-2-6-10-19)22-16-26-23-12-11-20(15-21(22)23)29-17-18-7-3-1-4-8-18/h1,3-4,7-8,11-12,15-16,19,24,26H,2,5-6,9-10,13-14,17H2. The van der Waals surface area contributed by atoms with Gasteiger partial charge in [-0.15, -0.1) is 0 Å². The lowest BCUT2D eigenvalue weighted by Gasteiger charge is -2.35. The number of rotatable bonds is 5. The largest absolute Gasteiger partial charge is 0.489 e. The minimum Gasteiger partial charge on any atom is -0.489 e. The van der Waals surface area contributed by atoms with Gasteiger partial charge in [-0.25, -0.2) is 0 Å². The Hall–Kier alpha value is -2.75. The van der Waals surface area contributed by atoms with Crippen LogP contribution in [0.4, 0.5) is 0 Å². The van der Waals surface area contributed by atoms with E-state index in [0.717, 1.165) is 36.1 Å². The molecule has 150 valence electrons. The number of nitrogens with zero attached hydrogens (tertiary/aromatic N) is 1. The first kappa shape index (κ1) is 18.3. The molecule has 4 nitrogen and oxygen atoms in total. The smallest absolute Gasteiger partial charge is 0.223 e. The first-order chi connectivity index (χ1) is 14.3. The van der Waals surface area contributed by atoms with Gasteiger partial charge in [0.25, 0.3) is 0 Å². The molecule has 1 aliphatic heterocycles. The summed E-state index contributed by atoms with van der Waals surface area (Å²) < 4.78 is 6.06. The molecule has 0 spiro atoms. The highest BCUT2D eigenvalue weighted by atomic mass is 16.5. The number of hydrogen-bond acceptors (Lipinski definition) is 2. The molecule has 1 N–H and O–H groups in total. The topological polar surface area (TPSA) is 45.3 Å². The Balaban J connectivity index is 1.41. The van der Waals surface area contributed by atoms with Gasteiger partial charge in [0.15, 0.2) is 0 Å².